The van der Waals surface area contributed by atoms with Crippen molar-refractivity contribution in [3.63, 3.8) is 0 Å². The molecule has 2 fully saturated rings. The fourth-order valence-electron chi connectivity index (χ4n) is 6.62. The summed E-state index contributed by atoms with van der Waals surface area (Å²) in [7, 11) is 0. The van der Waals surface area contributed by atoms with E-state index in [0.29, 0.717) is 24.5 Å². The summed E-state index contributed by atoms with van der Waals surface area (Å²) in [6.07, 6.45) is 13.4. The van der Waals surface area contributed by atoms with Crippen LogP contribution in [0.5, 0.6) is 0 Å². The van der Waals surface area contributed by atoms with Crippen LogP contribution in [0.1, 0.15) is 88.2 Å². The van der Waals surface area contributed by atoms with E-state index in [1.807, 2.05) is 34.1 Å². The minimum atomic E-state index is -0.0879. The number of hydrogen-bond acceptors (Lipinski definition) is 4. The SMILES string of the molecule is Cl.Cl.Nc1ccc(NC(=O)N(Cc2cccc(CN(C(=O)Nc3ccc(N)cc3)C3CCCCCC3)c2)C2CCCCCC2)cc1. The van der Waals surface area contributed by atoms with Gasteiger partial charge in [0.2, 0.25) is 0 Å². The van der Waals surface area contributed by atoms with E-state index < -0.39 is 0 Å². The lowest BCUT2D eigenvalue weighted by Gasteiger charge is -2.33. The van der Waals surface area contributed by atoms with Gasteiger partial charge in [0.15, 0.2) is 0 Å². The van der Waals surface area contributed by atoms with Gasteiger partial charge in [0, 0.05) is 47.9 Å². The number of anilines is 4. The normalized spacial score (nSPS) is 15.7. The summed E-state index contributed by atoms with van der Waals surface area (Å²) in [5.41, 5.74) is 16.7. The molecule has 0 saturated heterocycles. The van der Waals surface area contributed by atoms with Crippen molar-refractivity contribution in [2.75, 3.05) is 22.1 Å². The third-order valence-electron chi connectivity index (χ3n) is 9.07. The second kappa shape index (κ2) is 18.5. The molecule has 0 bridgehead atoms. The number of halogens is 2. The third kappa shape index (κ3) is 10.7. The van der Waals surface area contributed by atoms with Gasteiger partial charge in [-0.3, -0.25) is 0 Å². The molecule has 0 spiro atoms. The summed E-state index contributed by atoms with van der Waals surface area (Å²) in [4.78, 5) is 31.5. The zero-order chi connectivity index (χ0) is 30.7. The van der Waals surface area contributed by atoms with Gasteiger partial charge in [0.25, 0.3) is 0 Å². The van der Waals surface area contributed by atoms with Crippen molar-refractivity contribution in [3.8, 4) is 0 Å². The molecule has 2 aliphatic carbocycles. The maximum Gasteiger partial charge on any atom is 0.322 e. The molecule has 0 aromatic heterocycles. The maximum atomic E-state index is 13.7. The van der Waals surface area contributed by atoms with Crippen molar-refractivity contribution >= 4 is 59.6 Å². The van der Waals surface area contributed by atoms with Crippen LogP contribution in [0.15, 0.2) is 72.8 Å². The zero-order valence-corrected chi connectivity index (χ0v) is 28.3. The molecule has 46 heavy (non-hydrogen) atoms. The Kier molecular flexibility index (Phi) is 14.8. The standard InChI is InChI=1S/C36H48N6O2.2ClH/c37-29-16-20-31(21-17-29)39-35(43)41(33-12-5-1-2-6-13-33)25-27-10-9-11-28(24-27)26-42(34-14-7-3-4-8-15-34)36(44)40-32-22-18-30(38)19-23-32;;/h9-11,16-24,33-34H,1-8,12-15,25-26,37-38H2,(H,39,43)(H,40,44);2*1H. The average Bonchev–Trinajstić information content (AvgIpc) is 3.47. The molecule has 0 atom stereocenters. The summed E-state index contributed by atoms with van der Waals surface area (Å²) in [5.74, 6) is 0. The van der Waals surface area contributed by atoms with E-state index in [2.05, 4.69) is 34.9 Å². The lowest BCUT2D eigenvalue weighted by Crippen LogP contribution is -2.42. The lowest BCUT2D eigenvalue weighted by molar-refractivity contribution is 0.174. The molecule has 10 heteroatoms. The number of nitrogens with two attached hydrogens (primary N) is 2. The fourth-order valence-corrected chi connectivity index (χ4v) is 6.62. The van der Waals surface area contributed by atoms with Crippen molar-refractivity contribution in [2.45, 2.75) is 102 Å². The minimum absolute atomic E-state index is 0. The monoisotopic (exact) mass is 668 g/mol. The van der Waals surface area contributed by atoms with Gasteiger partial charge in [-0.05, 0) is 85.3 Å². The summed E-state index contributed by atoms with van der Waals surface area (Å²) in [5, 5.41) is 6.21. The molecule has 2 aliphatic rings. The number of nitrogens with one attached hydrogen (secondary N) is 2. The van der Waals surface area contributed by atoms with Gasteiger partial charge in [-0.15, -0.1) is 24.8 Å². The Hall–Kier alpha value is -3.62. The number of rotatable bonds is 8. The first-order valence-corrected chi connectivity index (χ1v) is 16.4. The van der Waals surface area contributed by atoms with Crippen molar-refractivity contribution in [1.82, 2.24) is 9.80 Å². The number of nitrogens with zero attached hydrogens (tertiary/aromatic N) is 2. The molecule has 0 aliphatic heterocycles. The first kappa shape index (κ1) is 36.8. The van der Waals surface area contributed by atoms with Gasteiger partial charge in [-0.2, -0.15) is 0 Å². The second-order valence-corrected chi connectivity index (χ2v) is 12.5. The highest BCUT2D eigenvalue weighted by molar-refractivity contribution is 5.90. The molecule has 2 saturated carbocycles. The number of hydrogen-bond donors (Lipinski definition) is 4. The molecule has 0 radical (unpaired) electrons. The van der Waals surface area contributed by atoms with Crippen LogP contribution >= 0.6 is 24.8 Å². The maximum absolute atomic E-state index is 13.7. The third-order valence-corrected chi connectivity index (χ3v) is 9.07. The molecule has 250 valence electrons. The lowest BCUT2D eigenvalue weighted by atomic mass is 10.0. The highest BCUT2D eigenvalue weighted by atomic mass is 35.5. The topological polar surface area (TPSA) is 117 Å². The van der Waals surface area contributed by atoms with Crippen molar-refractivity contribution in [2.24, 2.45) is 0 Å². The molecular formula is C36H50Cl2N6O2. The van der Waals surface area contributed by atoms with E-state index in [0.717, 1.165) is 73.9 Å². The van der Waals surface area contributed by atoms with Crippen LogP contribution in [0, 0.1) is 0 Å². The van der Waals surface area contributed by atoms with Gasteiger partial charge >= 0.3 is 12.1 Å². The van der Waals surface area contributed by atoms with Gasteiger partial charge in [0.05, 0.1) is 0 Å². The van der Waals surface area contributed by atoms with E-state index in [-0.39, 0.29) is 49.0 Å². The number of carbonyl (C=O) groups excluding carboxylic acids is 2. The van der Waals surface area contributed by atoms with Gasteiger partial charge in [-0.25, -0.2) is 9.59 Å². The van der Waals surface area contributed by atoms with Crippen molar-refractivity contribution in [1.29, 1.82) is 0 Å². The van der Waals surface area contributed by atoms with Crippen LogP contribution in [-0.2, 0) is 13.1 Å². The van der Waals surface area contributed by atoms with E-state index in [1.165, 1.54) is 25.7 Å². The molecule has 3 aromatic rings. The van der Waals surface area contributed by atoms with Crippen molar-refractivity contribution < 1.29 is 9.59 Å². The van der Waals surface area contributed by atoms with Crippen LogP contribution < -0.4 is 22.1 Å². The van der Waals surface area contributed by atoms with Crippen LogP contribution in [0.4, 0.5) is 32.3 Å². The number of carbonyl (C=O) groups is 2. The predicted octanol–water partition coefficient (Wildman–Crippen LogP) is 9.21. The number of amides is 4. The average molecular weight is 670 g/mol. The fraction of sp³-hybridized carbons (Fsp3) is 0.444. The van der Waals surface area contributed by atoms with E-state index in [4.69, 9.17) is 11.5 Å². The van der Waals surface area contributed by atoms with Crippen molar-refractivity contribution in [3.05, 3.63) is 83.9 Å². The summed E-state index contributed by atoms with van der Waals surface area (Å²) in [6, 6.07) is 23.2. The van der Waals surface area contributed by atoms with E-state index >= 15 is 0 Å². The Labute approximate surface area is 286 Å². The van der Waals surface area contributed by atoms with Gasteiger partial charge in [0.1, 0.15) is 0 Å². The largest absolute Gasteiger partial charge is 0.399 e. The molecule has 8 nitrogen and oxygen atoms in total. The number of nitrogen functional groups attached to an aromatic ring is 2. The smallest absolute Gasteiger partial charge is 0.322 e. The zero-order valence-electron chi connectivity index (χ0n) is 26.7. The van der Waals surface area contributed by atoms with Crippen LogP contribution in [0.3, 0.4) is 0 Å². The minimum Gasteiger partial charge on any atom is -0.399 e. The predicted molar refractivity (Wildman–Crippen MR) is 195 cm³/mol. The quantitative estimate of drug-likeness (QED) is 0.141. The molecule has 4 amide bonds. The first-order valence-electron chi connectivity index (χ1n) is 16.4. The van der Waals surface area contributed by atoms with E-state index in [1.54, 1.807) is 24.3 Å². The van der Waals surface area contributed by atoms with Gasteiger partial charge in [-0.1, -0.05) is 75.6 Å². The van der Waals surface area contributed by atoms with Crippen LogP contribution in [0.25, 0.3) is 0 Å². The molecule has 6 N–H and O–H groups in total. The van der Waals surface area contributed by atoms with Crippen LogP contribution in [0.2, 0.25) is 0 Å². The number of urea groups is 2. The van der Waals surface area contributed by atoms with E-state index in [9.17, 15) is 9.59 Å². The van der Waals surface area contributed by atoms with Gasteiger partial charge < -0.3 is 31.9 Å². The Morgan fingerprint density at radius 1 is 0.565 bits per heavy atom. The Morgan fingerprint density at radius 3 is 1.26 bits per heavy atom. The molecular weight excluding hydrogens is 619 g/mol. The Bertz CT molecular complexity index is 1250. The Balaban J connectivity index is 0.00000288. The second-order valence-electron chi connectivity index (χ2n) is 12.5. The Morgan fingerprint density at radius 2 is 0.913 bits per heavy atom. The number of benzene rings is 3. The highest BCUT2D eigenvalue weighted by Crippen LogP contribution is 2.27. The molecule has 0 heterocycles. The highest BCUT2D eigenvalue weighted by Gasteiger charge is 2.27. The first-order chi connectivity index (χ1) is 21.4. The molecule has 5 rings (SSSR count). The summed E-state index contributed by atoms with van der Waals surface area (Å²) < 4.78 is 0. The molecule has 0 unspecified atom stereocenters. The summed E-state index contributed by atoms with van der Waals surface area (Å²) >= 11 is 0. The van der Waals surface area contributed by atoms with Crippen LogP contribution in [-0.4, -0.2) is 33.9 Å². The molecule has 3 aromatic carbocycles. The summed E-state index contributed by atoms with van der Waals surface area (Å²) in [6.45, 7) is 1.03.